The number of aromatic nitrogens is 4. The number of aryl methyl sites for hydroxylation is 2. The molecule has 2 rings (SSSR count). The lowest BCUT2D eigenvalue weighted by molar-refractivity contribution is 0.864. The van der Waals surface area contributed by atoms with Gasteiger partial charge in [0.05, 0.1) is 11.3 Å². The first kappa shape index (κ1) is 8.37. The molecule has 13 heavy (non-hydrogen) atoms. The minimum atomic E-state index is 0.892. The van der Waals surface area contributed by atoms with Gasteiger partial charge in [0.2, 0.25) is 0 Å². The highest BCUT2D eigenvalue weighted by Crippen LogP contribution is 2.22. The first-order valence-electron chi connectivity index (χ1n) is 3.97. The molecule has 0 N–H and O–H groups in total. The van der Waals surface area contributed by atoms with Crippen molar-refractivity contribution >= 4 is 11.5 Å². The van der Waals surface area contributed by atoms with Crippen LogP contribution in [-0.4, -0.2) is 19.1 Å². The maximum Gasteiger partial charge on any atom is 0.166 e. The molecular weight excluding hydrogens is 184 g/mol. The predicted molar refractivity (Wildman–Crippen MR) is 51.6 cm³/mol. The van der Waals surface area contributed by atoms with E-state index in [0.29, 0.717) is 0 Å². The average molecular weight is 194 g/mol. The van der Waals surface area contributed by atoms with Gasteiger partial charge in [0.15, 0.2) is 5.82 Å². The Hall–Kier alpha value is -1.23. The zero-order valence-corrected chi connectivity index (χ0v) is 8.59. The third-order valence-electron chi connectivity index (χ3n) is 2.08. The molecule has 0 unspecified atom stereocenters. The SMILES string of the molecule is Cc1nscc1-c1nnc(C)n1C. The van der Waals surface area contributed by atoms with Gasteiger partial charge in [-0.15, -0.1) is 10.2 Å². The van der Waals surface area contributed by atoms with Crippen LogP contribution in [0.5, 0.6) is 0 Å². The van der Waals surface area contributed by atoms with Crippen molar-refractivity contribution in [1.82, 2.24) is 19.1 Å². The Bertz CT molecular complexity index is 429. The third-order valence-corrected chi connectivity index (χ3v) is 2.80. The summed E-state index contributed by atoms with van der Waals surface area (Å²) in [6, 6.07) is 0. The Morgan fingerprint density at radius 2 is 2.08 bits per heavy atom. The fourth-order valence-corrected chi connectivity index (χ4v) is 1.84. The van der Waals surface area contributed by atoms with Gasteiger partial charge in [0.1, 0.15) is 5.82 Å². The fraction of sp³-hybridized carbons (Fsp3) is 0.375. The van der Waals surface area contributed by atoms with Crippen LogP contribution in [0.3, 0.4) is 0 Å². The van der Waals surface area contributed by atoms with Crippen LogP contribution in [0.4, 0.5) is 0 Å². The van der Waals surface area contributed by atoms with Gasteiger partial charge in [0.25, 0.3) is 0 Å². The molecule has 0 saturated heterocycles. The normalized spacial score (nSPS) is 10.7. The summed E-state index contributed by atoms with van der Waals surface area (Å²) < 4.78 is 6.17. The lowest BCUT2D eigenvalue weighted by Gasteiger charge is -1.98. The Balaban J connectivity index is 2.59. The number of hydrogen-bond acceptors (Lipinski definition) is 4. The molecule has 0 aromatic carbocycles. The molecule has 0 spiro atoms. The van der Waals surface area contributed by atoms with E-state index in [9.17, 15) is 0 Å². The van der Waals surface area contributed by atoms with Crippen molar-refractivity contribution < 1.29 is 0 Å². The van der Waals surface area contributed by atoms with E-state index in [2.05, 4.69) is 14.6 Å². The van der Waals surface area contributed by atoms with E-state index in [-0.39, 0.29) is 0 Å². The lowest BCUT2D eigenvalue weighted by atomic mass is 10.2. The maximum absolute atomic E-state index is 4.20. The molecule has 0 bridgehead atoms. The number of nitrogens with zero attached hydrogens (tertiary/aromatic N) is 4. The molecule has 5 heteroatoms. The summed E-state index contributed by atoms with van der Waals surface area (Å²) in [6.45, 7) is 3.92. The van der Waals surface area contributed by atoms with Crippen LogP contribution >= 0.6 is 11.5 Å². The van der Waals surface area contributed by atoms with E-state index in [0.717, 1.165) is 22.9 Å². The first-order chi connectivity index (χ1) is 6.20. The number of hydrogen-bond donors (Lipinski definition) is 0. The van der Waals surface area contributed by atoms with Crippen LogP contribution in [0.2, 0.25) is 0 Å². The van der Waals surface area contributed by atoms with Crippen LogP contribution in [0.15, 0.2) is 5.38 Å². The highest BCUT2D eigenvalue weighted by Gasteiger charge is 2.11. The molecule has 0 aliphatic heterocycles. The van der Waals surface area contributed by atoms with Gasteiger partial charge in [0, 0.05) is 12.4 Å². The molecule has 4 nitrogen and oxygen atoms in total. The van der Waals surface area contributed by atoms with E-state index in [4.69, 9.17) is 0 Å². The molecule has 0 fully saturated rings. The van der Waals surface area contributed by atoms with Crippen molar-refractivity contribution in [2.45, 2.75) is 13.8 Å². The predicted octanol–water partition coefficient (Wildman–Crippen LogP) is 1.56. The van der Waals surface area contributed by atoms with Gasteiger partial charge in [-0.05, 0) is 25.4 Å². The molecule has 0 radical (unpaired) electrons. The maximum atomic E-state index is 4.20. The van der Waals surface area contributed by atoms with Gasteiger partial charge < -0.3 is 4.57 Å². The van der Waals surface area contributed by atoms with Crippen LogP contribution in [0.25, 0.3) is 11.4 Å². The Labute approximate surface area is 80.4 Å². The monoisotopic (exact) mass is 194 g/mol. The Morgan fingerprint density at radius 3 is 2.54 bits per heavy atom. The fourth-order valence-electron chi connectivity index (χ4n) is 1.15. The van der Waals surface area contributed by atoms with Crippen molar-refractivity contribution in [3.05, 3.63) is 16.9 Å². The molecule has 0 saturated carbocycles. The summed E-state index contributed by atoms with van der Waals surface area (Å²) in [6.07, 6.45) is 0. The zero-order chi connectivity index (χ0) is 9.42. The van der Waals surface area contributed by atoms with Crippen LogP contribution in [-0.2, 0) is 7.05 Å². The highest BCUT2D eigenvalue weighted by molar-refractivity contribution is 7.04. The minimum Gasteiger partial charge on any atom is -0.314 e. The minimum absolute atomic E-state index is 0.892. The molecular formula is C8H10N4S. The standard InChI is InChI=1S/C8H10N4S/c1-5-7(4-13-11-5)8-10-9-6(2)12(8)3/h4H,1-3H3. The van der Waals surface area contributed by atoms with Gasteiger partial charge in [-0.3, -0.25) is 0 Å². The van der Waals surface area contributed by atoms with Crippen molar-refractivity contribution in [2.24, 2.45) is 7.05 Å². The van der Waals surface area contributed by atoms with Gasteiger partial charge >= 0.3 is 0 Å². The lowest BCUT2D eigenvalue weighted by Crippen LogP contribution is -1.94. The molecule has 2 aromatic heterocycles. The summed E-state index contributed by atoms with van der Waals surface area (Å²) in [4.78, 5) is 0. The summed E-state index contributed by atoms with van der Waals surface area (Å²) in [5.74, 6) is 1.81. The zero-order valence-electron chi connectivity index (χ0n) is 7.77. The van der Waals surface area contributed by atoms with Crippen LogP contribution in [0, 0.1) is 13.8 Å². The van der Waals surface area contributed by atoms with Crippen LogP contribution < -0.4 is 0 Å². The van der Waals surface area contributed by atoms with Gasteiger partial charge in [-0.1, -0.05) is 0 Å². The van der Waals surface area contributed by atoms with E-state index in [1.165, 1.54) is 11.5 Å². The Kier molecular flexibility index (Phi) is 1.88. The molecule has 2 aromatic rings. The molecule has 2 heterocycles. The first-order valence-corrected chi connectivity index (χ1v) is 4.81. The van der Waals surface area contributed by atoms with Gasteiger partial charge in [-0.25, -0.2) is 0 Å². The van der Waals surface area contributed by atoms with Gasteiger partial charge in [-0.2, -0.15) is 4.37 Å². The summed E-state index contributed by atoms with van der Waals surface area (Å²) in [5.41, 5.74) is 2.09. The Morgan fingerprint density at radius 1 is 1.31 bits per heavy atom. The smallest absolute Gasteiger partial charge is 0.166 e. The molecule has 0 atom stereocenters. The van der Waals surface area contributed by atoms with E-state index in [1.807, 2.05) is 30.8 Å². The molecule has 68 valence electrons. The van der Waals surface area contributed by atoms with Crippen molar-refractivity contribution in [3.8, 4) is 11.4 Å². The molecule has 0 aliphatic rings. The van der Waals surface area contributed by atoms with E-state index in [1.54, 1.807) is 0 Å². The average Bonchev–Trinajstić information content (AvgIpc) is 2.62. The van der Waals surface area contributed by atoms with Crippen molar-refractivity contribution in [2.75, 3.05) is 0 Å². The summed E-state index contributed by atoms with van der Waals surface area (Å²) in [7, 11) is 1.96. The molecule has 0 aliphatic carbocycles. The summed E-state index contributed by atoms with van der Waals surface area (Å²) >= 11 is 1.45. The quantitative estimate of drug-likeness (QED) is 0.692. The highest BCUT2D eigenvalue weighted by atomic mass is 32.1. The second-order valence-corrected chi connectivity index (χ2v) is 3.57. The van der Waals surface area contributed by atoms with Crippen LogP contribution in [0.1, 0.15) is 11.5 Å². The third kappa shape index (κ3) is 1.25. The summed E-state index contributed by atoms with van der Waals surface area (Å²) in [5, 5.41) is 10.1. The topological polar surface area (TPSA) is 43.6 Å². The van der Waals surface area contributed by atoms with Crippen molar-refractivity contribution in [3.63, 3.8) is 0 Å². The van der Waals surface area contributed by atoms with E-state index >= 15 is 0 Å². The van der Waals surface area contributed by atoms with Crippen molar-refractivity contribution in [1.29, 1.82) is 0 Å². The number of rotatable bonds is 1. The second kappa shape index (κ2) is 2.92. The largest absolute Gasteiger partial charge is 0.314 e. The molecule has 0 amide bonds. The van der Waals surface area contributed by atoms with E-state index < -0.39 is 0 Å². The second-order valence-electron chi connectivity index (χ2n) is 2.94.